The number of hydrogen-bond donors (Lipinski definition) is 1. The van der Waals surface area contributed by atoms with E-state index in [9.17, 15) is 4.79 Å². The summed E-state index contributed by atoms with van der Waals surface area (Å²) in [6, 6.07) is 2.38. The van der Waals surface area contributed by atoms with Crippen molar-refractivity contribution in [2.75, 3.05) is 20.1 Å². The van der Waals surface area contributed by atoms with Gasteiger partial charge in [-0.3, -0.25) is 4.79 Å². The van der Waals surface area contributed by atoms with Crippen molar-refractivity contribution in [3.63, 3.8) is 0 Å². The van der Waals surface area contributed by atoms with Crippen molar-refractivity contribution in [1.82, 2.24) is 24.8 Å². The molecule has 0 unspecified atom stereocenters. The van der Waals surface area contributed by atoms with Crippen LogP contribution in [0.25, 0.3) is 5.65 Å². The average Bonchev–Trinajstić information content (AvgIpc) is 3.23. The SMILES string of the molecule is CN1CCC(c2cc3ncc(C(=O)NC4CCCC4)cn3n2)CC1. The molecule has 24 heavy (non-hydrogen) atoms. The van der Waals surface area contributed by atoms with Gasteiger partial charge in [0.25, 0.3) is 5.91 Å². The molecule has 0 radical (unpaired) electrons. The highest BCUT2D eigenvalue weighted by Gasteiger charge is 2.22. The van der Waals surface area contributed by atoms with E-state index in [4.69, 9.17) is 5.10 Å². The summed E-state index contributed by atoms with van der Waals surface area (Å²) >= 11 is 0. The fourth-order valence-corrected chi connectivity index (χ4v) is 3.86. The maximum Gasteiger partial charge on any atom is 0.254 e. The number of nitrogens with zero attached hydrogens (tertiary/aromatic N) is 4. The Morgan fingerprint density at radius 1 is 1.21 bits per heavy atom. The summed E-state index contributed by atoms with van der Waals surface area (Å²) in [5, 5.41) is 7.80. The van der Waals surface area contributed by atoms with Crippen molar-refractivity contribution in [3.8, 4) is 0 Å². The second-order valence-corrected chi connectivity index (χ2v) is 7.25. The minimum Gasteiger partial charge on any atom is -0.349 e. The number of piperidine rings is 1. The molecule has 2 aromatic heterocycles. The Labute approximate surface area is 142 Å². The van der Waals surface area contributed by atoms with Gasteiger partial charge in [0, 0.05) is 30.4 Å². The zero-order valence-electron chi connectivity index (χ0n) is 14.2. The van der Waals surface area contributed by atoms with Crippen molar-refractivity contribution in [1.29, 1.82) is 0 Å². The summed E-state index contributed by atoms with van der Waals surface area (Å²) < 4.78 is 1.76. The molecule has 6 heteroatoms. The number of carbonyl (C=O) groups is 1. The molecule has 2 fully saturated rings. The third-order valence-electron chi connectivity index (χ3n) is 5.42. The fourth-order valence-electron chi connectivity index (χ4n) is 3.86. The van der Waals surface area contributed by atoms with E-state index in [2.05, 4.69) is 28.3 Å². The smallest absolute Gasteiger partial charge is 0.254 e. The molecule has 1 aliphatic heterocycles. The molecule has 1 saturated heterocycles. The average molecular weight is 327 g/mol. The molecule has 3 heterocycles. The van der Waals surface area contributed by atoms with Crippen LogP contribution in [-0.2, 0) is 0 Å². The number of fused-ring (bicyclic) bond motifs is 1. The molecule has 1 aliphatic carbocycles. The van der Waals surface area contributed by atoms with Crippen LogP contribution in [0.3, 0.4) is 0 Å². The lowest BCUT2D eigenvalue weighted by Gasteiger charge is -2.27. The Balaban J connectivity index is 1.51. The second-order valence-electron chi connectivity index (χ2n) is 7.25. The van der Waals surface area contributed by atoms with Gasteiger partial charge in [0.15, 0.2) is 5.65 Å². The number of likely N-dealkylation sites (tertiary alicyclic amines) is 1. The van der Waals surface area contributed by atoms with E-state index in [1.54, 1.807) is 10.7 Å². The maximum absolute atomic E-state index is 12.4. The lowest BCUT2D eigenvalue weighted by molar-refractivity contribution is 0.0937. The van der Waals surface area contributed by atoms with Gasteiger partial charge < -0.3 is 10.2 Å². The van der Waals surface area contributed by atoms with Crippen molar-refractivity contribution < 1.29 is 4.79 Å². The van der Waals surface area contributed by atoms with Crippen LogP contribution in [0.1, 0.15) is 60.5 Å². The fraction of sp³-hybridized carbons (Fsp3) is 0.611. The summed E-state index contributed by atoms with van der Waals surface area (Å²) in [4.78, 5) is 19.2. The zero-order valence-corrected chi connectivity index (χ0v) is 14.2. The topological polar surface area (TPSA) is 62.5 Å². The van der Waals surface area contributed by atoms with Gasteiger partial charge in [-0.2, -0.15) is 5.10 Å². The number of hydrogen-bond acceptors (Lipinski definition) is 4. The van der Waals surface area contributed by atoms with E-state index < -0.39 is 0 Å². The first-order chi connectivity index (χ1) is 11.7. The first-order valence-corrected chi connectivity index (χ1v) is 9.04. The van der Waals surface area contributed by atoms with Gasteiger partial charge in [-0.25, -0.2) is 9.50 Å². The minimum absolute atomic E-state index is 0.0346. The van der Waals surface area contributed by atoms with Crippen LogP contribution in [0.4, 0.5) is 0 Å². The van der Waals surface area contributed by atoms with Crippen LogP contribution >= 0.6 is 0 Å². The van der Waals surface area contributed by atoms with Gasteiger partial charge in [0.2, 0.25) is 0 Å². The first kappa shape index (κ1) is 15.6. The van der Waals surface area contributed by atoms with E-state index in [1.165, 1.54) is 12.8 Å². The highest BCUT2D eigenvalue weighted by molar-refractivity contribution is 5.94. The van der Waals surface area contributed by atoms with Gasteiger partial charge >= 0.3 is 0 Å². The summed E-state index contributed by atoms with van der Waals surface area (Å²) in [5.74, 6) is 0.464. The van der Waals surface area contributed by atoms with Crippen molar-refractivity contribution in [3.05, 3.63) is 29.7 Å². The van der Waals surface area contributed by atoms with Gasteiger partial charge in [0.05, 0.1) is 11.3 Å². The van der Waals surface area contributed by atoms with Gasteiger partial charge in [0.1, 0.15) is 0 Å². The Hall–Kier alpha value is -1.95. The normalized spacial score (nSPS) is 20.7. The Kier molecular flexibility index (Phi) is 4.22. The van der Waals surface area contributed by atoms with Gasteiger partial charge in [-0.15, -0.1) is 0 Å². The number of carbonyl (C=O) groups excluding carboxylic acids is 1. The van der Waals surface area contributed by atoms with E-state index in [-0.39, 0.29) is 5.91 Å². The van der Waals surface area contributed by atoms with Crippen LogP contribution in [-0.4, -0.2) is 51.6 Å². The van der Waals surface area contributed by atoms with E-state index in [0.717, 1.165) is 50.1 Å². The lowest BCUT2D eigenvalue weighted by atomic mass is 9.94. The second kappa shape index (κ2) is 6.51. The molecule has 128 valence electrons. The van der Waals surface area contributed by atoms with E-state index in [0.29, 0.717) is 17.5 Å². The molecular weight excluding hydrogens is 302 g/mol. The molecule has 1 saturated carbocycles. The monoisotopic (exact) mass is 327 g/mol. The predicted octanol–water partition coefficient (Wildman–Crippen LogP) is 2.21. The van der Waals surface area contributed by atoms with Gasteiger partial charge in [-0.05, 0) is 45.8 Å². The number of nitrogens with one attached hydrogen (secondary N) is 1. The first-order valence-electron chi connectivity index (χ1n) is 9.04. The van der Waals surface area contributed by atoms with E-state index >= 15 is 0 Å². The Morgan fingerprint density at radius 3 is 2.71 bits per heavy atom. The summed E-state index contributed by atoms with van der Waals surface area (Å²) in [6.07, 6.45) is 10.3. The highest BCUT2D eigenvalue weighted by atomic mass is 16.1. The molecule has 0 bridgehead atoms. The van der Waals surface area contributed by atoms with Crippen molar-refractivity contribution in [2.24, 2.45) is 0 Å². The minimum atomic E-state index is -0.0346. The molecule has 2 aromatic rings. The molecule has 0 spiro atoms. The molecule has 6 nitrogen and oxygen atoms in total. The predicted molar refractivity (Wildman–Crippen MR) is 92.2 cm³/mol. The molecule has 2 aliphatic rings. The molecule has 1 N–H and O–H groups in total. The standard InChI is InChI=1S/C18H25N5O/c1-22-8-6-13(7-9-22)16-10-17-19-11-14(12-23(17)21-16)18(24)20-15-4-2-3-5-15/h10-13,15H,2-9H2,1H3,(H,20,24). The van der Waals surface area contributed by atoms with Crippen LogP contribution in [0, 0.1) is 0 Å². The quantitative estimate of drug-likeness (QED) is 0.939. The number of rotatable bonds is 3. The summed E-state index contributed by atoms with van der Waals surface area (Å²) in [5.41, 5.74) is 2.51. The van der Waals surface area contributed by atoms with Crippen molar-refractivity contribution >= 4 is 11.6 Å². The lowest BCUT2D eigenvalue weighted by Crippen LogP contribution is -2.32. The Morgan fingerprint density at radius 2 is 1.96 bits per heavy atom. The maximum atomic E-state index is 12.4. The molecule has 0 atom stereocenters. The third kappa shape index (κ3) is 3.15. The number of amides is 1. The number of aromatic nitrogens is 3. The molecule has 0 aromatic carbocycles. The van der Waals surface area contributed by atoms with Crippen LogP contribution in [0.15, 0.2) is 18.5 Å². The van der Waals surface area contributed by atoms with Gasteiger partial charge in [-0.1, -0.05) is 12.8 Å². The summed E-state index contributed by atoms with van der Waals surface area (Å²) in [7, 11) is 2.16. The van der Waals surface area contributed by atoms with Crippen LogP contribution in [0.2, 0.25) is 0 Å². The Bertz CT molecular complexity index is 726. The zero-order chi connectivity index (χ0) is 16.5. The van der Waals surface area contributed by atoms with Crippen LogP contribution in [0.5, 0.6) is 0 Å². The summed E-state index contributed by atoms with van der Waals surface area (Å²) in [6.45, 7) is 2.22. The van der Waals surface area contributed by atoms with E-state index in [1.807, 2.05) is 6.20 Å². The largest absolute Gasteiger partial charge is 0.349 e. The highest BCUT2D eigenvalue weighted by Crippen LogP contribution is 2.27. The molecular formula is C18H25N5O. The molecule has 1 amide bonds. The molecule has 4 rings (SSSR count). The van der Waals surface area contributed by atoms with Crippen LogP contribution < -0.4 is 5.32 Å². The third-order valence-corrected chi connectivity index (χ3v) is 5.42. The van der Waals surface area contributed by atoms with Crippen molar-refractivity contribution in [2.45, 2.75) is 50.5 Å².